The number of nitrogens with zero attached hydrogens (tertiary/aromatic N) is 2. The van der Waals surface area contributed by atoms with Gasteiger partial charge in [-0.1, -0.05) is 19.0 Å². The van der Waals surface area contributed by atoms with Crippen LogP contribution in [0, 0.1) is 5.41 Å². The number of hydrogen-bond donors (Lipinski definition) is 2. The van der Waals surface area contributed by atoms with Gasteiger partial charge >= 0.3 is 5.97 Å². The molecule has 1 aliphatic rings. The number of amides is 1. The Morgan fingerprint density at radius 3 is 2.60 bits per heavy atom. The highest BCUT2D eigenvalue weighted by molar-refractivity contribution is 5.78. The maximum atomic E-state index is 12.2. The highest BCUT2D eigenvalue weighted by Gasteiger charge is 2.44. The molecular formula is C13H19N3O4. The summed E-state index contributed by atoms with van der Waals surface area (Å²) in [6.07, 6.45) is 3.90. The van der Waals surface area contributed by atoms with Crippen molar-refractivity contribution in [3.05, 3.63) is 12.2 Å². The number of carbonyl (C=O) groups is 2. The average Bonchev–Trinajstić information content (AvgIpc) is 2.73. The summed E-state index contributed by atoms with van der Waals surface area (Å²) in [6, 6.07) is 0. The fourth-order valence-corrected chi connectivity index (χ4v) is 2.53. The monoisotopic (exact) mass is 281 g/mol. The molecule has 1 fully saturated rings. The standard InChI is InChI=1S/C13H19N3O4/c1-12(2,7-10(18)19)6-9(17)15-13(4-3-5-13)11-14-8-20-16-11/h8H,3-7H2,1-2H3,(H,15,17)(H,18,19). The lowest BCUT2D eigenvalue weighted by atomic mass is 9.75. The van der Waals surface area contributed by atoms with Crippen LogP contribution < -0.4 is 5.32 Å². The molecule has 20 heavy (non-hydrogen) atoms. The van der Waals surface area contributed by atoms with Crippen molar-refractivity contribution in [3.63, 3.8) is 0 Å². The molecule has 110 valence electrons. The largest absolute Gasteiger partial charge is 0.481 e. The van der Waals surface area contributed by atoms with E-state index in [4.69, 9.17) is 9.63 Å². The third-order valence-electron chi connectivity index (χ3n) is 3.64. The van der Waals surface area contributed by atoms with Crippen molar-refractivity contribution in [1.29, 1.82) is 0 Å². The predicted molar refractivity (Wildman–Crippen MR) is 68.6 cm³/mol. The Balaban J connectivity index is 1.99. The van der Waals surface area contributed by atoms with Crippen LogP contribution in [-0.4, -0.2) is 27.1 Å². The van der Waals surface area contributed by atoms with Crippen molar-refractivity contribution in [2.45, 2.75) is 51.5 Å². The van der Waals surface area contributed by atoms with Crippen molar-refractivity contribution >= 4 is 11.9 Å². The van der Waals surface area contributed by atoms with E-state index in [1.165, 1.54) is 6.39 Å². The predicted octanol–water partition coefficient (Wildman–Crippen LogP) is 1.46. The van der Waals surface area contributed by atoms with Gasteiger partial charge in [0.05, 0.1) is 6.42 Å². The van der Waals surface area contributed by atoms with E-state index in [2.05, 4.69) is 15.5 Å². The number of aliphatic carboxylic acids is 1. The number of aromatic nitrogens is 2. The van der Waals surface area contributed by atoms with Crippen molar-refractivity contribution in [3.8, 4) is 0 Å². The summed E-state index contributed by atoms with van der Waals surface area (Å²) in [5.74, 6) is -0.590. The third-order valence-corrected chi connectivity index (χ3v) is 3.64. The van der Waals surface area contributed by atoms with E-state index in [1.807, 2.05) is 0 Å². The zero-order valence-corrected chi connectivity index (χ0v) is 11.7. The number of nitrogens with one attached hydrogen (secondary N) is 1. The third kappa shape index (κ3) is 3.15. The van der Waals surface area contributed by atoms with Crippen LogP contribution in [0.3, 0.4) is 0 Å². The second kappa shape index (κ2) is 5.22. The molecule has 0 atom stereocenters. The minimum Gasteiger partial charge on any atom is -0.481 e. The van der Waals surface area contributed by atoms with Gasteiger partial charge in [0.15, 0.2) is 5.82 Å². The first-order chi connectivity index (χ1) is 9.33. The van der Waals surface area contributed by atoms with E-state index in [0.717, 1.165) is 19.3 Å². The van der Waals surface area contributed by atoms with Gasteiger partial charge in [-0.3, -0.25) is 9.59 Å². The first-order valence-electron chi connectivity index (χ1n) is 6.63. The summed E-state index contributed by atoms with van der Waals surface area (Å²) in [7, 11) is 0. The molecule has 1 saturated carbocycles. The summed E-state index contributed by atoms with van der Waals surface area (Å²) >= 11 is 0. The molecule has 0 radical (unpaired) electrons. The Kier molecular flexibility index (Phi) is 3.78. The van der Waals surface area contributed by atoms with Crippen molar-refractivity contribution in [2.24, 2.45) is 5.41 Å². The normalized spacial score (nSPS) is 17.3. The van der Waals surface area contributed by atoms with Crippen LogP contribution in [0.15, 0.2) is 10.9 Å². The Morgan fingerprint density at radius 2 is 2.15 bits per heavy atom. The lowest BCUT2D eigenvalue weighted by molar-refractivity contribution is -0.139. The summed E-state index contributed by atoms with van der Waals surface area (Å²) in [5, 5.41) is 15.6. The number of carbonyl (C=O) groups excluding carboxylic acids is 1. The van der Waals surface area contributed by atoms with Gasteiger partial charge in [0.1, 0.15) is 5.54 Å². The Morgan fingerprint density at radius 1 is 1.45 bits per heavy atom. The Hall–Kier alpha value is -1.92. The molecule has 7 heteroatoms. The molecule has 0 bridgehead atoms. The lowest BCUT2D eigenvalue weighted by Crippen LogP contribution is -2.52. The molecule has 1 amide bonds. The summed E-state index contributed by atoms with van der Waals surface area (Å²) in [4.78, 5) is 26.9. The van der Waals surface area contributed by atoms with Crippen LogP contribution in [0.4, 0.5) is 0 Å². The molecule has 7 nitrogen and oxygen atoms in total. The average molecular weight is 281 g/mol. The zero-order chi connectivity index (χ0) is 14.8. The highest BCUT2D eigenvalue weighted by Crippen LogP contribution is 2.40. The summed E-state index contributed by atoms with van der Waals surface area (Å²) in [5.41, 5.74) is -1.12. The second-order valence-corrected chi connectivity index (χ2v) is 6.15. The minimum absolute atomic E-state index is 0.0460. The molecule has 1 aromatic heterocycles. The van der Waals surface area contributed by atoms with Gasteiger partial charge in [0, 0.05) is 6.42 Å². The van der Waals surface area contributed by atoms with Gasteiger partial charge in [-0.05, 0) is 24.7 Å². The topological polar surface area (TPSA) is 105 Å². The van der Waals surface area contributed by atoms with Gasteiger partial charge in [-0.15, -0.1) is 0 Å². The van der Waals surface area contributed by atoms with Gasteiger partial charge in [0.2, 0.25) is 12.3 Å². The van der Waals surface area contributed by atoms with Crippen molar-refractivity contribution in [1.82, 2.24) is 15.5 Å². The highest BCUT2D eigenvalue weighted by atomic mass is 16.5. The van der Waals surface area contributed by atoms with Gasteiger partial charge in [-0.2, -0.15) is 4.98 Å². The molecule has 0 unspecified atom stereocenters. The first-order valence-corrected chi connectivity index (χ1v) is 6.63. The SMILES string of the molecule is CC(C)(CC(=O)O)CC(=O)NC1(c2ncon2)CCC1. The molecule has 0 saturated heterocycles. The fourth-order valence-electron chi connectivity index (χ4n) is 2.53. The number of rotatable bonds is 6. The molecule has 2 N–H and O–H groups in total. The molecule has 2 rings (SSSR count). The molecular weight excluding hydrogens is 262 g/mol. The maximum Gasteiger partial charge on any atom is 0.303 e. The molecule has 1 heterocycles. The lowest BCUT2D eigenvalue weighted by Gasteiger charge is -2.40. The van der Waals surface area contributed by atoms with Crippen LogP contribution >= 0.6 is 0 Å². The fraction of sp³-hybridized carbons (Fsp3) is 0.692. The van der Waals surface area contributed by atoms with Gasteiger partial charge in [-0.25, -0.2) is 0 Å². The Labute approximate surface area is 116 Å². The quantitative estimate of drug-likeness (QED) is 0.817. The van der Waals surface area contributed by atoms with E-state index in [9.17, 15) is 9.59 Å². The molecule has 1 aliphatic carbocycles. The van der Waals surface area contributed by atoms with Crippen LogP contribution in [0.25, 0.3) is 0 Å². The van der Waals surface area contributed by atoms with Crippen LogP contribution in [0.1, 0.15) is 51.8 Å². The number of hydrogen-bond acceptors (Lipinski definition) is 5. The van der Waals surface area contributed by atoms with E-state index in [0.29, 0.717) is 5.82 Å². The molecule has 1 aromatic rings. The smallest absolute Gasteiger partial charge is 0.303 e. The number of carboxylic acid groups (broad SMARTS) is 1. The van der Waals surface area contributed by atoms with Gasteiger partial charge in [0.25, 0.3) is 0 Å². The van der Waals surface area contributed by atoms with E-state index in [-0.39, 0.29) is 18.7 Å². The van der Waals surface area contributed by atoms with E-state index in [1.54, 1.807) is 13.8 Å². The summed E-state index contributed by atoms with van der Waals surface area (Å²) < 4.78 is 4.74. The minimum atomic E-state index is -0.903. The Bertz CT molecular complexity index is 492. The first kappa shape index (κ1) is 14.5. The van der Waals surface area contributed by atoms with Crippen molar-refractivity contribution in [2.75, 3.05) is 0 Å². The molecule has 0 aliphatic heterocycles. The van der Waals surface area contributed by atoms with Crippen LogP contribution in [0.5, 0.6) is 0 Å². The number of carboxylic acids is 1. The van der Waals surface area contributed by atoms with Crippen LogP contribution in [-0.2, 0) is 15.1 Å². The maximum absolute atomic E-state index is 12.2. The molecule has 0 aromatic carbocycles. The van der Waals surface area contributed by atoms with Gasteiger partial charge < -0.3 is 14.9 Å². The van der Waals surface area contributed by atoms with E-state index >= 15 is 0 Å². The van der Waals surface area contributed by atoms with Crippen molar-refractivity contribution < 1.29 is 19.2 Å². The second-order valence-electron chi connectivity index (χ2n) is 6.15. The van der Waals surface area contributed by atoms with Crippen LogP contribution in [0.2, 0.25) is 0 Å². The summed E-state index contributed by atoms with van der Waals surface area (Å²) in [6.45, 7) is 3.53. The zero-order valence-electron chi connectivity index (χ0n) is 11.7. The molecule has 0 spiro atoms. The van der Waals surface area contributed by atoms with E-state index < -0.39 is 16.9 Å².